The minimum Gasteiger partial charge on any atom is -0.383 e. The van der Waals surface area contributed by atoms with Gasteiger partial charge in [0, 0.05) is 37.8 Å². The van der Waals surface area contributed by atoms with E-state index in [0.717, 1.165) is 19.3 Å². The number of aromatic nitrogens is 2. The summed E-state index contributed by atoms with van der Waals surface area (Å²) < 4.78 is 33.8. The van der Waals surface area contributed by atoms with E-state index in [4.69, 9.17) is 4.74 Å². The van der Waals surface area contributed by atoms with Gasteiger partial charge >= 0.3 is 5.69 Å². The highest BCUT2D eigenvalue weighted by Gasteiger charge is 2.31. The lowest BCUT2D eigenvalue weighted by molar-refractivity contribution is -0.121. The number of nitrogens with zero attached hydrogens (tertiary/aromatic N) is 3. The molecule has 0 saturated carbocycles. The molecule has 0 unspecified atom stereocenters. The van der Waals surface area contributed by atoms with Crippen LogP contribution in [0.25, 0.3) is 10.9 Å². The summed E-state index contributed by atoms with van der Waals surface area (Å²) in [6.07, 6.45) is 4.05. The average molecular weight is 423 g/mol. The van der Waals surface area contributed by atoms with E-state index in [2.05, 4.69) is 10.3 Å². The Kier molecular flexibility index (Phi) is 6.66. The van der Waals surface area contributed by atoms with Crippen LogP contribution in [-0.2, 0) is 26.1 Å². The van der Waals surface area contributed by atoms with Gasteiger partial charge in [-0.05, 0) is 38.0 Å². The molecule has 1 aliphatic rings. The van der Waals surface area contributed by atoms with E-state index >= 15 is 0 Å². The Morgan fingerprint density at radius 1 is 1.34 bits per heavy atom. The number of nitrogens with one attached hydrogen (secondary N) is 1. The first-order chi connectivity index (χ1) is 13.8. The lowest BCUT2D eigenvalue weighted by Crippen LogP contribution is -2.41. The molecule has 1 aromatic carbocycles. The lowest BCUT2D eigenvalue weighted by atomic mass is 10.1. The fourth-order valence-electron chi connectivity index (χ4n) is 3.55. The van der Waals surface area contributed by atoms with Crippen LogP contribution in [-0.4, -0.2) is 61.0 Å². The van der Waals surface area contributed by atoms with E-state index in [0.29, 0.717) is 30.6 Å². The maximum atomic E-state index is 13.1. The third-order valence-electron chi connectivity index (χ3n) is 5.11. The van der Waals surface area contributed by atoms with E-state index in [1.54, 1.807) is 6.07 Å². The summed E-state index contributed by atoms with van der Waals surface area (Å²) in [7, 11) is -2.11. The molecule has 0 spiro atoms. The minimum atomic E-state index is -3.64. The van der Waals surface area contributed by atoms with Crippen molar-refractivity contribution in [2.45, 2.75) is 43.7 Å². The molecule has 9 nitrogen and oxygen atoms in total. The third-order valence-corrected chi connectivity index (χ3v) is 7.12. The van der Waals surface area contributed by atoms with Crippen LogP contribution in [0.5, 0.6) is 0 Å². The van der Waals surface area contributed by atoms with Crippen molar-refractivity contribution < 1.29 is 17.9 Å². The summed E-state index contributed by atoms with van der Waals surface area (Å²) >= 11 is 0. The molecule has 2 heterocycles. The average Bonchev–Trinajstić information content (AvgIpc) is 2.70. The van der Waals surface area contributed by atoms with Gasteiger partial charge in [-0.1, -0.05) is 6.42 Å². The molecule has 2 aromatic rings. The Balaban J connectivity index is 1.92. The van der Waals surface area contributed by atoms with E-state index in [-0.39, 0.29) is 23.4 Å². The van der Waals surface area contributed by atoms with Crippen molar-refractivity contribution in [2.24, 2.45) is 0 Å². The number of ether oxygens (including phenoxy) is 1. The van der Waals surface area contributed by atoms with E-state index in [9.17, 15) is 18.0 Å². The van der Waals surface area contributed by atoms with Crippen LogP contribution in [0.15, 0.2) is 34.1 Å². The zero-order chi connectivity index (χ0) is 21.0. The monoisotopic (exact) mass is 422 g/mol. The number of sulfonamides is 1. The number of methoxy groups -OCH3 is 1. The van der Waals surface area contributed by atoms with Gasteiger partial charge in [0.2, 0.25) is 15.9 Å². The quantitative estimate of drug-likeness (QED) is 0.659. The normalized spacial score (nSPS) is 18.1. The molecule has 3 rings (SSSR count). The molecule has 1 saturated heterocycles. The Bertz CT molecular complexity index is 1050. The first-order valence-electron chi connectivity index (χ1n) is 9.61. The summed E-state index contributed by atoms with van der Waals surface area (Å²) in [4.78, 5) is 28.3. The fourth-order valence-corrected chi connectivity index (χ4v) is 5.28. The number of carbonyl (C=O) groups excluding carboxylic acids is 1. The largest absolute Gasteiger partial charge is 0.383 e. The Morgan fingerprint density at radius 3 is 2.86 bits per heavy atom. The smallest absolute Gasteiger partial charge is 0.348 e. The molecule has 1 amide bonds. The third kappa shape index (κ3) is 4.65. The first kappa shape index (κ1) is 21.4. The number of benzene rings is 1. The number of piperidine rings is 1. The van der Waals surface area contributed by atoms with Crippen LogP contribution >= 0.6 is 0 Å². The molecule has 10 heteroatoms. The molecule has 0 aliphatic carbocycles. The van der Waals surface area contributed by atoms with Crippen LogP contribution in [0.3, 0.4) is 0 Å². The molecule has 1 atom stereocenters. The minimum absolute atomic E-state index is 0.0488. The molecule has 0 radical (unpaired) electrons. The van der Waals surface area contributed by atoms with Crippen molar-refractivity contribution in [3.05, 3.63) is 34.9 Å². The van der Waals surface area contributed by atoms with Crippen molar-refractivity contribution in [3.8, 4) is 0 Å². The van der Waals surface area contributed by atoms with Gasteiger partial charge < -0.3 is 10.1 Å². The van der Waals surface area contributed by atoms with Crippen LogP contribution in [0.2, 0.25) is 0 Å². The van der Waals surface area contributed by atoms with Crippen molar-refractivity contribution in [1.29, 1.82) is 0 Å². The zero-order valence-electron chi connectivity index (χ0n) is 16.6. The highest BCUT2D eigenvalue weighted by atomic mass is 32.2. The summed E-state index contributed by atoms with van der Waals surface area (Å²) in [6, 6.07) is 4.50. The molecule has 1 N–H and O–H groups in total. The lowest BCUT2D eigenvalue weighted by Gasteiger charge is -2.32. The van der Waals surface area contributed by atoms with Crippen molar-refractivity contribution >= 4 is 26.8 Å². The van der Waals surface area contributed by atoms with Gasteiger partial charge in [-0.3, -0.25) is 9.36 Å². The second kappa shape index (κ2) is 9.02. The van der Waals surface area contributed by atoms with Crippen molar-refractivity contribution in [1.82, 2.24) is 19.2 Å². The van der Waals surface area contributed by atoms with E-state index in [1.165, 1.54) is 34.3 Å². The second-order valence-corrected chi connectivity index (χ2v) is 9.04. The van der Waals surface area contributed by atoms with Gasteiger partial charge in [0.25, 0.3) is 0 Å². The highest BCUT2D eigenvalue weighted by Crippen LogP contribution is 2.26. The molecule has 158 valence electrons. The maximum Gasteiger partial charge on any atom is 0.348 e. The Labute approximate surface area is 169 Å². The molecule has 1 aromatic heterocycles. The number of hydrogen-bond donors (Lipinski definition) is 1. The summed E-state index contributed by atoms with van der Waals surface area (Å²) in [5.74, 6) is -0.350. The van der Waals surface area contributed by atoms with E-state index in [1.807, 2.05) is 6.92 Å². The van der Waals surface area contributed by atoms with Crippen molar-refractivity contribution in [3.63, 3.8) is 0 Å². The molecule has 1 fully saturated rings. The number of carbonyl (C=O) groups is 1. The molecular formula is C19H26N4O5S. The predicted molar refractivity (Wildman–Crippen MR) is 108 cm³/mol. The SMILES string of the molecule is COCCNC(=O)Cn1c(=O)ncc2cc(S(=O)(=O)N3CCCC[C@H]3C)ccc21. The number of hydrogen-bond acceptors (Lipinski definition) is 6. The van der Waals surface area contributed by atoms with Gasteiger partial charge in [-0.2, -0.15) is 4.31 Å². The first-order valence-corrected chi connectivity index (χ1v) is 11.1. The summed E-state index contributed by atoms with van der Waals surface area (Å²) in [6.45, 7) is 2.91. The Hall–Kier alpha value is -2.30. The van der Waals surface area contributed by atoms with Gasteiger partial charge in [-0.25, -0.2) is 18.2 Å². The highest BCUT2D eigenvalue weighted by molar-refractivity contribution is 7.89. The van der Waals surface area contributed by atoms with Crippen LogP contribution < -0.4 is 11.0 Å². The number of rotatable bonds is 7. The molecule has 1 aliphatic heterocycles. The number of fused-ring (bicyclic) bond motifs is 1. The maximum absolute atomic E-state index is 13.1. The Morgan fingerprint density at radius 2 is 2.14 bits per heavy atom. The fraction of sp³-hybridized carbons (Fsp3) is 0.526. The van der Waals surface area contributed by atoms with Crippen LogP contribution in [0.4, 0.5) is 0 Å². The van der Waals surface area contributed by atoms with E-state index < -0.39 is 15.7 Å². The summed E-state index contributed by atoms with van der Waals surface area (Å²) in [5.41, 5.74) is -0.114. The molecular weight excluding hydrogens is 396 g/mol. The summed E-state index contributed by atoms with van der Waals surface area (Å²) in [5, 5.41) is 3.14. The zero-order valence-corrected chi connectivity index (χ0v) is 17.4. The predicted octanol–water partition coefficient (Wildman–Crippen LogP) is 0.722. The van der Waals surface area contributed by atoms with Crippen LogP contribution in [0, 0.1) is 0 Å². The number of amides is 1. The standard InChI is InChI=1S/C19H26N4O5S/c1-14-5-3-4-9-23(14)29(26,27)16-6-7-17-15(11-16)12-21-19(25)22(17)13-18(24)20-8-10-28-2/h6-7,11-12,14H,3-5,8-10,13H2,1-2H3,(H,20,24)/t14-/m1/s1. The second-order valence-electron chi connectivity index (χ2n) is 7.15. The molecule has 29 heavy (non-hydrogen) atoms. The van der Waals surface area contributed by atoms with Gasteiger partial charge in [0.05, 0.1) is 17.0 Å². The van der Waals surface area contributed by atoms with Crippen molar-refractivity contribution in [2.75, 3.05) is 26.8 Å². The van der Waals surface area contributed by atoms with Crippen LogP contribution in [0.1, 0.15) is 26.2 Å². The topological polar surface area (TPSA) is 111 Å². The van der Waals surface area contributed by atoms with Gasteiger partial charge in [-0.15, -0.1) is 0 Å². The van der Waals surface area contributed by atoms with Gasteiger partial charge in [0.15, 0.2) is 0 Å². The molecule has 0 bridgehead atoms. The van der Waals surface area contributed by atoms with Gasteiger partial charge in [0.1, 0.15) is 6.54 Å².